The van der Waals surface area contributed by atoms with Crippen molar-refractivity contribution in [3.8, 4) is 5.75 Å². The normalized spacial score (nSPS) is 19.9. The summed E-state index contributed by atoms with van der Waals surface area (Å²) in [6.45, 7) is 4.98. The number of carbonyl (C=O) groups excluding carboxylic acids is 1. The quantitative estimate of drug-likeness (QED) is 0.913. The van der Waals surface area contributed by atoms with Crippen molar-refractivity contribution in [1.29, 1.82) is 0 Å². The first-order chi connectivity index (χ1) is 12.5. The lowest BCUT2D eigenvalue weighted by Gasteiger charge is -2.35. The highest BCUT2D eigenvalue weighted by molar-refractivity contribution is 5.67. The van der Waals surface area contributed by atoms with Crippen molar-refractivity contribution in [2.75, 3.05) is 13.1 Å². The molecule has 0 aliphatic carbocycles. The van der Waals surface area contributed by atoms with Crippen molar-refractivity contribution in [3.63, 3.8) is 0 Å². The number of aryl methyl sites for hydroxylation is 1. The number of hydrogen-bond acceptors (Lipinski definition) is 4. The Hall–Kier alpha value is -2.53. The molecule has 5 heteroatoms. The standard InChI is InChI=1S/C21H25NO4/c1-15-7-6-10-19(16(15)2)26-20-11-12-22(13-18(20)23)21(24)25-14-17-8-4-3-5-9-17/h3-10,18,20,23H,11-14H2,1-2H3/t18-,20+/m0/s1. The lowest BCUT2D eigenvalue weighted by atomic mass is 10.0. The smallest absolute Gasteiger partial charge is 0.410 e. The molecule has 2 aromatic carbocycles. The molecule has 1 aliphatic rings. The van der Waals surface area contributed by atoms with E-state index in [-0.39, 0.29) is 19.3 Å². The Morgan fingerprint density at radius 3 is 2.65 bits per heavy atom. The van der Waals surface area contributed by atoms with Gasteiger partial charge in [-0.1, -0.05) is 42.5 Å². The number of β-amino-alcohol motifs (C(OH)–C–C–N with tert-alkyl or cyclic N) is 1. The molecule has 138 valence electrons. The summed E-state index contributed by atoms with van der Waals surface area (Å²) in [6.07, 6.45) is -0.908. The molecule has 26 heavy (non-hydrogen) atoms. The maximum absolute atomic E-state index is 12.2. The van der Waals surface area contributed by atoms with E-state index < -0.39 is 12.2 Å². The SMILES string of the molecule is Cc1cccc(O[C@@H]2CCN(C(=O)OCc3ccccc3)C[C@@H]2O)c1C. The van der Waals surface area contributed by atoms with Crippen LogP contribution >= 0.6 is 0 Å². The maximum Gasteiger partial charge on any atom is 0.410 e. The molecule has 1 fully saturated rings. The van der Waals surface area contributed by atoms with E-state index in [1.807, 2.05) is 62.4 Å². The summed E-state index contributed by atoms with van der Waals surface area (Å²) in [6, 6.07) is 15.4. The van der Waals surface area contributed by atoms with Gasteiger partial charge in [0, 0.05) is 13.0 Å². The first kappa shape index (κ1) is 18.3. The second kappa shape index (κ2) is 8.23. The van der Waals surface area contributed by atoms with Gasteiger partial charge in [-0.2, -0.15) is 0 Å². The second-order valence-electron chi connectivity index (χ2n) is 6.70. The first-order valence-corrected chi connectivity index (χ1v) is 8.91. The van der Waals surface area contributed by atoms with Crippen molar-refractivity contribution in [3.05, 3.63) is 65.2 Å². The average molecular weight is 355 g/mol. The molecule has 0 spiro atoms. The van der Waals surface area contributed by atoms with E-state index >= 15 is 0 Å². The number of aliphatic hydroxyl groups excluding tert-OH is 1. The number of rotatable bonds is 4. The van der Waals surface area contributed by atoms with Gasteiger partial charge in [-0.05, 0) is 36.6 Å². The summed E-state index contributed by atoms with van der Waals surface area (Å²) in [4.78, 5) is 13.8. The Labute approximate surface area is 154 Å². The highest BCUT2D eigenvalue weighted by atomic mass is 16.6. The van der Waals surface area contributed by atoms with Crippen LogP contribution in [0, 0.1) is 13.8 Å². The predicted molar refractivity (Wildman–Crippen MR) is 99.2 cm³/mol. The molecule has 0 saturated carbocycles. The molecular weight excluding hydrogens is 330 g/mol. The number of piperidine rings is 1. The highest BCUT2D eigenvalue weighted by Crippen LogP contribution is 2.25. The molecule has 3 rings (SSSR count). The molecule has 1 aliphatic heterocycles. The zero-order valence-electron chi connectivity index (χ0n) is 15.2. The van der Waals surface area contributed by atoms with E-state index in [1.54, 1.807) is 0 Å². The summed E-state index contributed by atoms with van der Waals surface area (Å²) in [5.41, 5.74) is 3.16. The number of carbonyl (C=O) groups is 1. The summed E-state index contributed by atoms with van der Waals surface area (Å²) < 4.78 is 11.3. The fraction of sp³-hybridized carbons (Fsp3) is 0.381. The molecule has 0 unspecified atom stereocenters. The Morgan fingerprint density at radius 1 is 1.15 bits per heavy atom. The molecular formula is C21H25NO4. The summed E-state index contributed by atoms with van der Waals surface area (Å²) >= 11 is 0. The number of amides is 1. The molecule has 0 radical (unpaired) electrons. The number of benzene rings is 2. The van der Waals surface area contributed by atoms with Crippen LogP contribution in [0.15, 0.2) is 48.5 Å². The van der Waals surface area contributed by atoms with Crippen LogP contribution in [-0.4, -0.2) is 41.4 Å². The van der Waals surface area contributed by atoms with E-state index in [0.29, 0.717) is 13.0 Å². The van der Waals surface area contributed by atoms with Gasteiger partial charge in [0.2, 0.25) is 0 Å². The van der Waals surface area contributed by atoms with Gasteiger partial charge in [0.15, 0.2) is 0 Å². The Bertz CT molecular complexity index is 747. The number of aliphatic hydroxyl groups is 1. The van der Waals surface area contributed by atoms with Crippen LogP contribution in [0.4, 0.5) is 4.79 Å². The minimum Gasteiger partial charge on any atom is -0.487 e. The topological polar surface area (TPSA) is 59.0 Å². The van der Waals surface area contributed by atoms with Gasteiger partial charge >= 0.3 is 6.09 Å². The molecule has 1 N–H and O–H groups in total. The molecule has 5 nitrogen and oxygen atoms in total. The summed E-state index contributed by atoms with van der Waals surface area (Å²) in [5, 5.41) is 10.4. The van der Waals surface area contributed by atoms with Crippen LogP contribution in [-0.2, 0) is 11.3 Å². The first-order valence-electron chi connectivity index (χ1n) is 8.91. The van der Waals surface area contributed by atoms with Crippen LogP contribution in [0.3, 0.4) is 0 Å². The van der Waals surface area contributed by atoms with Crippen LogP contribution in [0.5, 0.6) is 5.75 Å². The van der Waals surface area contributed by atoms with Crippen LogP contribution in [0.1, 0.15) is 23.1 Å². The average Bonchev–Trinajstić information content (AvgIpc) is 2.65. The molecule has 1 heterocycles. The van der Waals surface area contributed by atoms with E-state index in [2.05, 4.69) is 0 Å². The number of likely N-dealkylation sites (tertiary alicyclic amines) is 1. The van der Waals surface area contributed by atoms with Gasteiger partial charge in [-0.25, -0.2) is 4.79 Å². The molecule has 0 aromatic heterocycles. The van der Waals surface area contributed by atoms with E-state index in [0.717, 1.165) is 22.4 Å². The Kier molecular flexibility index (Phi) is 5.78. The maximum atomic E-state index is 12.2. The molecule has 1 amide bonds. The lowest BCUT2D eigenvalue weighted by molar-refractivity contribution is -0.0255. The van der Waals surface area contributed by atoms with Crippen molar-refractivity contribution in [2.45, 2.75) is 39.1 Å². The molecule has 0 bridgehead atoms. The zero-order chi connectivity index (χ0) is 18.5. The van der Waals surface area contributed by atoms with Crippen LogP contribution in [0.2, 0.25) is 0 Å². The molecule has 2 aromatic rings. The van der Waals surface area contributed by atoms with Crippen molar-refractivity contribution >= 4 is 6.09 Å². The third kappa shape index (κ3) is 4.35. The third-order valence-corrected chi connectivity index (χ3v) is 4.82. The predicted octanol–water partition coefficient (Wildman–Crippen LogP) is 3.45. The minimum absolute atomic E-state index is 0.211. The second-order valence-corrected chi connectivity index (χ2v) is 6.70. The Morgan fingerprint density at radius 2 is 1.92 bits per heavy atom. The summed E-state index contributed by atoms with van der Waals surface area (Å²) in [5.74, 6) is 0.786. The number of ether oxygens (including phenoxy) is 2. The van der Waals surface area contributed by atoms with E-state index in [9.17, 15) is 9.90 Å². The fourth-order valence-electron chi connectivity index (χ4n) is 3.04. The van der Waals surface area contributed by atoms with E-state index in [1.165, 1.54) is 4.90 Å². The lowest BCUT2D eigenvalue weighted by Crippen LogP contribution is -2.51. The molecule has 1 saturated heterocycles. The van der Waals surface area contributed by atoms with Gasteiger partial charge in [0.05, 0.1) is 6.54 Å². The van der Waals surface area contributed by atoms with Gasteiger partial charge < -0.3 is 19.5 Å². The van der Waals surface area contributed by atoms with Gasteiger partial charge in [0.25, 0.3) is 0 Å². The van der Waals surface area contributed by atoms with Crippen LogP contribution < -0.4 is 4.74 Å². The van der Waals surface area contributed by atoms with Crippen molar-refractivity contribution in [1.82, 2.24) is 4.90 Å². The minimum atomic E-state index is -0.743. The number of hydrogen-bond donors (Lipinski definition) is 1. The van der Waals surface area contributed by atoms with Crippen molar-refractivity contribution < 1.29 is 19.4 Å². The monoisotopic (exact) mass is 355 g/mol. The zero-order valence-corrected chi connectivity index (χ0v) is 15.2. The molecule has 2 atom stereocenters. The number of nitrogens with zero attached hydrogens (tertiary/aromatic N) is 1. The largest absolute Gasteiger partial charge is 0.487 e. The van der Waals surface area contributed by atoms with Gasteiger partial charge in [0.1, 0.15) is 24.6 Å². The fourth-order valence-corrected chi connectivity index (χ4v) is 3.04. The summed E-state index contributed by atoms with van der Waals surface area (Å²) in [7, 11) is 0. The van der Waals surface area contributed by atoms with Gasteiger partial charge in [-0.15, -0.1) is 0 Å². The highest BCUT2D eigenvalue weighted by Gasteiger charge is 2.32. The van der Waals surface area contributed by atoms with E-state index in [4.69, 9.17) is 9.47 Å². The Balaban J connectivity index is 1.53. The van der Waals surface area contributed by atoms with Crippen LogP contribution in [0.25, 0.3) is 0 Å². The van der Waals surface area contributed by atoms with Gasteiger partial charge in [-0.3, -0.25) is 0 Å². The van der Waals surface area contributed by atoms with Crippen molar-refractivity contribution in [2.24, 2.45) is 0 Å². The third-order valence-electron chi connectivity index (χ3n) is 4.82.